The van der Waals surface area contributed by atoms with Gasteiger partial charge >= 0.3 is 0 Å². The van der Waals surface area contributed by atoms with Gasteiger partial charge in [0.25, 0.3) is 11.8 Å². The number of hydrazine groups is 1. The maximum Gasteiger partial charge on any atom is 0.272 e. The molecule has 1 unspecified atom stereocenters. The van der Waals surface area contributed by atoms with Crippen molar-refractivity contribution in [2.75, 3.05) is 0 Å². The van der Waals surface area contributed by atoms with Gasteiger partial charge in [-0.15, -0.1) is 6.58 Å². The lowest BCUT2D eigenvalue weighted by Gasteiger charge is -2.32. The number of hydrogen-bond donors (Lipinski definition) is 1. The Morgan fingerprint density at radius 1 is 0.912 bits per heavy atom. The molecular weight excluding hydrogens is 420 g/mol. The first-order valence-corrected chi connectivity index (χ1v) is 11.9. The van der Waals surface area contributed by atoms with E-state index in [9.17, 15) is 9.59 Å². The second-order valence-electron chi connectivity index (χ2n) is 8.75. The van der Waals surface area contributed by atoms with E-state index in [1.165, 1.54) is 10.6 Å². The number of benzene rings is 3. The SMILES string of the molecule is C=CCC(CCc1ccccc1)N(NC(=O)c1ccc(CC)cc1)C(=O)c1cc(C)cc(C)c1. The molecule has 176 valence electrons. The van der Waals surface area contributed by atoms with Crippen LogP contribution in [0.1, 0.15) is 62.7 Å². The van der Waals surface area contributed by atoms with Gasteiger partial charge in [0.15, 0.2) is 0 Å². The topological polar surface area (TPSA) is 49.4 Å². The van der Waals surface area contributed by atoms with Crippen LogP contribution in [0.25, 0.3) is 0 Å². The molecule has 4 heteroatoms. The minimum atomic E-state index is -0.297. The fourth-order valence-corrected chi connectivity index (χ4v) is 4.13. The Morgan fingerprint density at radius 3 is 2.15 bits per heavy atom. The van der Waals surface area contributed by atoms with Crippen LogP contribution in [-0.2, 0) is 12.8 Å². The first-order valence-electron chi connectivity index (χ1n) is 11.9. The van der Waals surface area contributed by atoms with Crippen LogP contribution in [0.5, 0.6) is 0 Å². The maximum absolute atomic E-state index is 13.7. The molecular formula is C30H34N2O2. The molecule has 0 spiro atoms. The molecule has 0 fully saturated rings. The summed E-state index contributed by atoms with van der Waals surface area (Å²) in [5.74, 6) is -0.514. The minimum Gasteiger partial charge on any atom is -0.267 e. The van der Waals surface area contributed by atoms with E-state index < -0.39 is 0 Å². The van der Waals surface area contributed by atoms with Crippen LogP contribution in [-0.4, -0.2) is 22.9 Å². The monoisotopic (exact) mass is 454 g/mol. The third-order valence-electron chi connectivity index (χ3n) is 5.95. The molecule has 2 amide bonds. The van der Waals surface area contributed by atoms with Gasteiger partial charge < -0.3 is 0 Å². The zero-order valence-electron chi connectivity index (χ0n) is 20.4. The maximum atomic E-state index is 13.7. The molecule has 0 saturated carbocycles. The molecule has 0 aliphatic carbocycles. The van der Waals surface area contributed by atoms with Crippen LogP contribution in [0.4, 0.5) is 0 Å². The van der Waals surface area contributed by atoms with E-state index in [4.69, 9.17) is 0 Å². The largest absolute Gasteiger partial charge is 0.272 e. The lowest BCUT2D eigenvalue weighted by Crippen LogP contribution is -2.52. The summed E-state index contributed by atoms with van der Waals surface area (Å²) in [7, 11) is 0. The van der Waals surface area contributed by atoms with Crippen molar-refractivity contribution in [3.05, 3.63) is 119 Å². The van der Waals surface area contributed by atoms with Crippen LogP contribution in [0.15, 0.2) is 85.5 Å². The van der Waals surface area contributed by atoms with Crippen LogP contribution in [0.3, 0.4) is 0 Å². The lowest BCUT2D eigenvalue weighted by molar-refractivity contribution is 0.0470. The van der Waals surface area contributed by atoms with E-state index in [2.05, 4.69) is 31.1 Å². The molecule has 3 rings (SSSR count). The quantitative estimate of drug-likeness (QED) is 0.308. The van der Waals surface area contributed by atoms with Crippen molar-refractivity contribution in [3.63, 3.8) is 0 Å². The molecule has 1 N–H and O–H groups in total. The van der Waals surface area contributed by atoms with Crippen LogP contribution < -0.4 is 5.43 Å². The Bertz CT molecular complexity index is 1100. The number of hydrogen-bond acceptors (Lipinski definition) is 2. The van der Waals surface area contributed by atoms with E-state index in [0.717, 1.165) is 29.5 Å². The van der Waals surface area contributed by atoms with Crippen LogP contribution in [0.2, 0.25) is 0 Å². The summed E-state index contributed by atoms with van der Waals surface area (Å²) in [6.45, 7) is 9.92. The molecule has 3 aromatic carbocycles. The minimum absolute atomic E-state index is 0.217. The van der Waals surface area contributed by atoms with Gasteiger partial charge in [0.05, 0.1) is 6.04 Å². The van der Waals surface area contributed by atoms with Gasteiger partial charge in [0.2, 0.25) is 0 Å². The summed E-state index contributed by atoms with van der Waals surface area (Å²) in [4.78, 5) is 26.9. The summed E-state index contributed by atoms with van der Waals surface area (Å²) in [6, 6.07) is 23.2. The van der Waals surface area contributed by atoms with Gasteiger partial charge in [-0.2, -0.15) is 0 Å². The normalized spacial score (nSPS) is 11.5. The van der Waals surface area contributed by atoms with Crippen molar-refractivity contribution in [1.29, 1.82) is 0 Å². The Hall–Kier alpha value is -3.66. The van der Waals surface area contributed by atoms with E-state index >= 15 is 0 Å². The zero-order chi connectivity index (χ0) is 24.5. The number of aryl methyl sites for hydroxylation is 4. The molecule has 0 heterocycles. The van der Waals surface area contributed by atoms with Gasteiger partial charge in [-0.05, 0) is 74.9 Å². The highest BCUT2D eigenvalue weighted by atomic mass is 16.2. The smallest absolute Gasteiger partial charge is 0.267 e. The predicted octanol–water partition coefficient (Wildman–Crippen LogP) is 6.23. The molecule has 0 aliphatic heterocycles. The van der Waals surface area contributed by atoms with Crippen molar-refractivity contribution >= 4 is 11.8 Å². The van der Waals surface area contributed by atoms with Gasteiger partial charge in [0, 0.05) is 11.1 Å². The highest BCUT2D eigenvalue weighted by molar-refractivity contribution is 5.99. The van der Waals surface area contributed by atoms with E-state index in [0.29, 0.717) is 24.0 Å². The average molecular weight is 455 g/mol. The molecule has 3 aromatic rings. The summed E-state index contributed by atoms with van der Waals surface area (Å²) in [5.41, 5.74) is 8.38. The van der Waals surface area contributed by atoms with Crippen LogP contribution in [0, 0.1) is 13.8 Å². The molecule has 0 aromatic heterocycles. The summed E-state index contributed by atoms with van der Waals surface area (Å²) in [6.07, 6.45) is 4.76. The molecule has 4 nitrogen and oxygen atoms in total. The Balaban J connectivity index is 1.91. The lowest BCUT2D eigenvalue weighted by atomic mass is 10.0. The number of nitrogens with one attached hydrogen (secondary N) is 1. The first kappa shape index (κ1) is 25.0. The fourth-order valence-electron chi connectivity index (χ4n) is 4.13. The van der Waals surface area contributed by atoms with Gasteiger partial charge in [-0.1, -0.05) is 72.7 Å². The third kappa shape index (κ3) is 6.67. The Kier molecular flexibility index (Phi) is 8.80. The van der Waals surface area contributed by atoms with Crippen molar-refractivity contribution in [2.24, 2.45) is 0 Å². The average Bonchev–Trinajstić information content (AvgIpc) is 2.85. The molecule has 0 saturated heterocycles. The van der Waals surface area contributed by atoms with E-state index in [1.807, 2.05) is 62.4 Å². The Labute approximate surface area is 203 Å². The van der Waals surface area contributed by atoms with Gasteiger partial charge in [-0.25, -0.2) is 5.01 Å². The first-order chi connectivity index (χ1) is 16.4. The second kappa shape index (κ2) is 12.0. The van der Waals surface area contributed by atoms with Crippen molar-refractivity contribution in [2.45, 2.75) is 52.5 Å². The summed E-state index contributed by atoms with van der Waals surface area (Å²) in [5, 5.41) is 1.51. The standard InChI is InChI=1S/C30H34N2O2/c1-5-10-28(18-15-25-11-8-7-9-12-25)32(30(34)27-20-22(3)19-23(4)21-27)31-29(33)26-16-13-24(6-2)14-17-26/h5,7-9,11-14,16-17,19-21,28H,1,6,10,15,18H2,2-4H3,(H,31,33). The zero-order valence-corrected chi connectivity index (χ0v) is 20.4. The van der Waals surface area contributed by atoms with E-state index in [-0.39, 0.29) is 17.9 Å². The molecule has 0 bridgehead atoms. The number of amides is 2. The molecule has 34 heavy (non-hydrogen) atoms. The van der Waals surface area contributed by atoms with Gasteiger partial charge in [-0.3, -0.25) is 15.0 Å². The molecule has 1 atom stereocenters. The van der Waals surface area contributed by atoms with Crippen molar-refractivity contribution < 1.29 is 9.59 Å². The second-order valence-corrected chi connectivity index (χ2v) is 8.75. The Morgan fingerprint density at radius 2 is 1.56 bits per heavy atom. The third-order valence-corrected chi connectivity index (χ3v) is 5.95. The number of carbonyl (C=O) groups excluding carboxylic acids is 2. The van der Waals surface area contributed by atoms with Crippen LogP contribution >= 0.6 is 0 Å². The molecule has 0 aliphatic rings. The fraction of sp³-hybridized carbons (Fsp3) is 0.267. The summed E-state index contributed by atoms with van der Waals surface area (Å²) >= 11 is 0. The highest BCUT2D eigenvalue weighted by Crippen LogP contribution is 2.18. The highest BCUT2D eigenvalue weighted by Gasteiger charge is 2.27. The number of rotatable bonds is 9. The summed E-state index contributed by atoms with van der Waals surface area (Å²) < 4.78 is 0. The predicted molar refractivity (Wildman–Crippen MR) is 139 cm³/mol. The van der Waals surface area contributed by atoms with Gasteiger partial charge in [0.1, 0.15) is 0 Å². The number of carbonyl (C=O) groups is 2. The van der Waals surface area contributed by atoms with Crippen molar-refractivity contribution in [3.8, 4) is 0 Å². The van der Waals surface area contributed by atoms with E-state index in [1.54, 1.807) is 18.2 Å². The van der Waals surface area contributed by atoms with Crippen molar-refractivity contribution in [1.82, 2.24) is 10.4 Å². The molecule has 0 radical (unpaired) electrons. The number of nitrogens with zero attached hydrogens (tertiary/aromatic N) is 1.